The van der Waals surface area contributed by atoms with Crippen LogP contribution >= 0.6 is 11.3 Å². The van der Waals surface area contributed by atoms with Crippen molar-refractivity contribution in [3.63, 3.8) is 0 Å². The number of carbonyl (C=O) groups is 1. The molecule has 1 N–H and O–H groups in total. The average molecular weight is 309 g/mol. The van der Waals surface area contributed by atoms with Gasteiger partial charge in [0.05, 0.1) is 11.6 Å². The van der Waals surface area contributed by atoms with Gasteiger partial charge in [0.1, 0.15) is 5.01 Å². The van der Waals surface area contributed by atoms with Crippen LogP contribution in [0.5, 0.6) is 0 Å². The van der Waals surface area contributed by atoms with Crippen LogP contribution in [0.2, 0.25) is 0 Å². The number of aromatic nitrogens is 1. The van der Waals surface area contributed by atoms with Crippen molar-refractivity contribution < 1.29 is 9.90 Å². The quantitative estimate of drug-likeness (QED) is 0.762. The van der Waals surface area contributed by atoms with E-state index >= 15 is 0 Å². The minimum absolute atomic E-state index is 0.495. The van der Waals surface area contributed by atoms with E-state index in [9.17, 15) is 4.79 Å². The van der Waals surface area contributed by atoms with Crippen LogP contribution in [0.1, 0.15) is 18.4 Å². The number of rotatable bonds is 4. The summed E-state index contributed by atoms with van der Waals surface area (Å²) in [5, 5.41) is 12.0. The third-order valence-corrected chi connectivity index (χ3v) is 4.49. The van der Waals surface area contributed by atoms with Crippen molar-refractivity contribution in [1.82, 2.24) is 4.98 Å². The topological polar surface area (TPSA) is 50.2 Å². The average Bonchev–Trinajstić information content (AvgIpc) is 3.05. The SMILES string of the molecule is CC(C(=O)O)c1ccc(-c2nc(-c3ccccc3)cs2)cc1. The first-order chi connectivity index (χ1) is 10.6. The summed E-state index contributed by atoms with van der Waals surface area (Å²) in [5.41, 5.74) is 3.87. The Morgan fingerprint density at radius 1 is 1.05 bits per heavy atom. The van der Waals surface area contributed by atoms with Gasteiger partial charge in [0, 0.05) is 16.5 Å². The van der Waals surface area contributed by atoms with Gasteiger partial charge < -0.3 is 5.11 Å². The summed E-state index contributed by atoms with van der Waals surface area (Å²) in [7, 11) is 0. The number of hydrogen-bond acceptors (Lipinski definition) is 3. The van der Waals surface area contributed by atoms with E-state index in [1.807, 2.05) is 60.0 Å². The molecule has 3 rings (SSSR count). The Hall–Kier alpha value is -2.46. The van der Waals surface area contributed by atoms with Crippen LogP contribution in [-0.2, 0) is 4.79 Å². The van der Waals surface area contributed by atoms with Gasteiger partial charge in [-0.2, -0.15) is 0 Å². The first-order valence-electron chi connectivity index (χ1n) is 6.99. The fourth-order valence-corrected chi connectivity index (χ4v) is 3.04. The molecule has 1 aromatic heterocycles. The molecule has 0 aliphatic carbocycles. The molecule has 0 aliphatic heterocycles. The lowest BCUT2D eigenvalue weighted by Crippen LogP contribution is -2.06. The van der Waals surface area contributed by atoms with Gasteiger partial charge in [-0.3, -0.25) is 4.79 Å². The van der Waals surface area contributed by atoms with Crippen LogP contribution in [0.15, 0.2) is 60.0 Å². The minimum Gasteiger partial charge on any atom is -0.481 e. The second-order valence-electron chi connectivity index (χ2n) is 5.09. The summed E-state index contributed by atoms with van der Waals surface area (Å²) < 4.78 is 0. The van der Waals surface area contributed by atoms with E-state index in [1.165, 1.54) is 0 Å². The lowest BCUT2D eigenvalue weighted by atomic mass is 10.0. The smallest absolute Gasteiger partial charge is 0.310 e. The maximum atomic E-state index is 11.0. The molecule has 0 aliphatic rings. The van der Waals surface area contributed by atoms with Crippen LogP contribution in [0.4, 0.5) is 0 Å². The molecule has 3 nitrogen and oxygen atoms in total. The molecule has 0 radical (unpaired) electrons. The molecule has 22 heavy (non-hydrogen) atoms. The van der Waals surface area contributed by atoms with E-state index in [-0.39, 0.29) is 0 Å². The number of benzene rings is 2. The highest BCUT2D eigenvalue weighted by Crippen LogP contribution is 2.29. The number of thiazole rings is 1. The molecular formula is C18H15NO2S. The number of aliphatic carboxylic acids is 1. The van der Waals surface area contributed by atoms with Crippen LogP contribution in [0.25, 0.3) is 21.8 Å². The molecule has 0 bridgehead atoms. The van der Waals surface area contributed by atoms with Crippen LogP contribution in [0.3, 0.4) is 0 Å². The molecule has 0 saturated carbocycles. The highest BCUT2D eigenvalue weighted by molar-refractivity contribution is 7.13. The molecule has 0 saturated heterocycles. The Morgan fingerprint density at radius 2 is 1.73 bits per heavy atom. The maximum Gasteiger partial charge on any atom is 0.310 e. The normalized spacial score (nSPS) is 12.0. The highest BCUT2D eigenvalue weighted by atomic mass is 32.1. The Kier molecular flexibility index (Phi) is 4.02. The van der Waals surface area contributed by atoms with Crippen molar-refractivity contribution in [3.8, 4) is 21.8 Å². The Balaban J connectivity index is 1.86. The van der Waals surface area contributed by atoms with Crippen molar-refractivity contribution in [2.45, 2.75) is 12.8 Å². The fourth-order valence-electron chi connectivity index (χ4n) is 2.20. The zero-order chi connectivity index (χ0) is 15.5. The monoisotopic (exact) mass is 309 g/mol. The third kappa shape index (κ3) is 2.92. The molecule has 0 spiro atoms. The van der Waals surface area contributed by atoms with Crippen molar-refractivity contribution in [1.29, 1.82) is 0 Å². The number of nitrogens with zero attached hydrogens (tertiary/aromatic N) is 1. The van der Waals surface area contributed by atoms with Gasteiger partial charge in [-0.25, -0.2) is 4.98 Å². The van der Waals surface area contributed by atoms with Gasteiger partial charge >= 0.3 is 5.97 Å². The van der Waals surface area contributed by atoms with E-state index in [4.69, 9.17) is 5.11 Å². The van der Waals surface area contributed by atoms with Gasteiger partial charge in [-0.15, -0.1) is 11.3 Å². The Labute approximate surface area is 132 Å². The van der Waals surface area contributed by atoms with Crippen molar-refractivity contribution in [2.24, 2.45) is 0 Å². The van der Waals surface area contributed by atoms with E-state index in [1.54, 1.807) is 18.3 Å². The van der Waals surface area contributed by atoms with Crippen molar-refractivity contribution in [3.05, 3.63) is 65.5 Å². The number of hydrogen-bond donors (Lipinski definition) is 1. The Morgan fingerprint density at radius 3 is 2.36 bits per heavy atom. The van der Waals surface area contributed by atoms with E-state index < -0.39 is 11.9 Å². The standard InChI is InChI=1S/C18H15NO2S/c1-12(18(20)21)13-7-9-15(10-8-13)17-19-16(11-22-17)14-5-3-2-4-6-14/h2-12H,1H3,(H,20,21). The molecular weight excluding hydrogens is 294 g/mol. The third-order valence-electron chi connectivity index (χ3n) is 3.60. The fraction of sp³-hybridized carbons (Fsp3) is 0.111. The molecule has 0 amide bonds. The predicted molar refractivity (Wildman–Crippen MR) is 89.0 cm³/mol. The van der Waals surface area contributed by atoms with Crippen LogP contribution < -0.4 is 0 Å². The molecule has 3 aromatic rings. The summed E-state index contributed by atoms with van der Waals surface area (Å²) in [6, 6.07) is 17.6. The number of carboxylic acids is 1. The van der Waals surface area contributed by atoms with Gasteiger partial charge in [0.2, 0.25) is 0 Å². The van der Waals surface area contributed by atoms with E-state index in [0.29, 0.717) is 0 Å². The minimum atomic E-state index is -0.812. The highest BCUT2D eigenvalue weighted by Gasteiger charge is 2.14. The summed E-state index contributed by atoms with van der Waals surface area (Å²) in [5.74, 6) is -1.31. The summed E-state index contributed by atoms with van der Waals surface area (Å²) in [4.78, 5) is 15.7. The zero-order valence-corrected chi connectivity index (χ0v) is 12.9. The molecule has 1 heterocycles. The van der Waals surface area contributed by atoms with Gasteiger partial charge in [0.25, 0.3) is 0 Å². The second-order valence-corrected chi connectivity index (χ2v) is 5.94. The summed E-state index contributed by atoms with van der Waals surface area (Å²) in [6.07, 6.45) is 0. The second kappa shape index (κ2) is 6.12. The maximum absolute atomic E-state index is 11.0. The molecule has 1 atom stereocenters. The van der Waals surface area contributed by atoms with Crippen molar-refractivity contribution in [2.75, 3.05) is 0 Å². The Bertz CT molecular complexity index is 778. The number of carboxylic acid groups (broad SMARTS) is 1. The van der Waals surface area contributed by atoms with E-state index in [0.717, 1.165) is 27.4 Å². The molecule has 110 valence electrons. The van der Waals surface area contributed by atoms with Gasteiger partial charge in [-0.05, 0) is 12.5 Å². The lowest BCUT2D eigenvalue weighted by Gasteiger charge is -2.06. The van der Waals surface area contributed by atoms with E-state index in [2.05, 4.69) is 4.98 Å². The molecule has 2 aromatic carbocycles. The van der Waals surface area contributed by atoms with Crippen molar-refractivity contribution >= 4 is 17.3 Å². The zero-order valence-electron chi connectivity index (χ0n) is 12.1. The first-order valence-corrected chi connectivity index (χ1v) is 7.87. The molecule has 1 unspecified atom stereocenters. The van der Waals surface area contributed by atoms with Gasteiger partial charge in [0.15, 0.2) is 0 Å². The largest absolute Gasteiger partial charge is 0.481 e. The molecule has 0 fully saturated rings. The van der Waals surface area contributed by atoms with Crippen LogP contribution in [0, 0.1) is 0 Å². The first kappa shape index (κ1) is 14.5. The summed E-state index contributed by atoms with van der Waals surface area (Å²) in [6.45, 7) is 1.69. The van der Waals surface area contributed by atoms with Crippen LogP contribution in [-0.4, -0.2) is 16.1 Å². The van der Waals surface area contributed by atoms with Gasteiger partial charge in [-0.1, -0.05) is 54.6 Å². The predicted octanol–water partition coefficient (Wildman–Crippen LogP) is 4.67. The molecule has 4 heteroatoms. The summed E-state index contributed by atoms with van der Waals surface area (Å²) >= 11 is 1.59. The lowest BCUT2D eigenvalue weighted by molar-refractivity contribution is -0.138.